The van der Waals surface area contributed by atoms with E-state index in [9.17, 15) is 13.6 Å². The van der Waals surface area contributed by atoms with E-state index in [-0.39, 0.29) is 5.91 Å². The first-order valence-electron chi connectivity index (χ1n) is 11.8. The van der Waals surface area contributed by atoms with Crippen molar-refractivity contribution in [2.75, 3.05) is 56.6 Å². The number of rotatable bonds is 3. The van der Waals surface area contributed by atoms with Gasteiger partial charge in [0, 0.05) is 77.5 Å². The normalized spacial score (nSPS) is 18.3. The second-order valence-corrected chi connectivity index (χ2v) is 8.83. The van der Waals surface area contributed by atoms with Gasteiger partial charge in [0.25, 0.3) is 0 Å². The summed E-state index contributed by atoms with van der Waals surface area (Å²) in [6, 6.07) is 3.70. The number of carbonyl (C=O) groups is 1. The molecule has 0 spiro atoms. The van der Waals surface area contributed by atoms with Crippen molar-refractivity contribution in [1.29, 1.82) is 0 Å². The van der Waals surface area contributed by atoms with E-state index in [1.54, 1.807) is 11.8 Å². The van der Waals surface area contributed by atoms with Gasteiger partial charge in [-0.3, -0.25) is 9.69 Å². The number of benzene rings is 1. The predicted molar refractivity (Wildman–Crippen MR) is 125 cm³/mol. The van der Waals surface area contributed by atoms with Crippen LogP contribution in [0.3, 0.4) is 0 Å². The molecular formula is C24H32F2N6O2. The summed E-state index contributed by atoms with van der Waals surface area (Å²) in [5.41, 5.74) is 8.31. The number of amides is 1. The number of piperazine rings is 1. The smallest absolute Gasteiger partial charge is 0.219 e. The molecule has 0 bridgehead atoms. The molecule has 2 aromatic rings. The minimum absolute atomic E-state index is 0.0220. The summed E-state index contributed by atoms with van der Waals surface area (Å²) in [5.74, 6) is -0.0191. The number of fused-ring (bicyclic) bond motifs is 1. The molecule has 3 aliphatic heterocycles. The monoisotopic (exact) mass is 474 g/mol. The molecule has 0 radical (unpaired) electrons. The van der Waals surface area contributed by atoms with Crippen LogP contribution in [0.4, 0.5) is 20.4 Å². The Labute approximate surface area is 198 Å². The number of hydrogen-bond donors (Lipinski definition) is 1. The minimum Gasteiger partial charge on any atom is -0.381 e. The number of nitrogens with zero attached hydrogens (tertiary/aromatic N) is 5. The van der Waals surface area contributed by atoms with Crippen LogP contribution >= 0.6 is 0 Å². The zero-order valence-corrected chi connectivity index (χ0v) is 19.6. The van der Waals surface area contributed by atoms with E-state index in [1.165, 1.54) is 25.0 Å². The molecule has 0 unspecified atom stereocenters. The van der Waals surface area contributed by atoms with Crippen LogP contribution < -0.4 is 10.6 Å². The number of aromatic nitrogens is 2. The van der Waals surface area contributed by atoms with Gasteiger partial charge in [0.1, 0.15) is 11.6 Å². The maximum atomic E-state index is 13.9. The molecule has 2 N–H and O–H groups in total. The zero-order valence-electron chi connectivity index (χ0n) is 19.6. The van der Waals surface area contributed by atoms with Gasteiger partial charge < -0.3 is 20.3 Å². The Morgan fingerprint density at radius 2 is 1.79 bits per heavy atom. The largest absolute Gasteiger partial charge is 0.381 e. The van der Waals surface area contributed by atoms with Gasteiger partial charge in [-0.25, -0.2) is 18.7 Å². The van der Waals surface area contributed by atoms with Gasteiger partial charge in [0.05, 0.1) is 17.9 Å². The third-order valence-electron chi connectivity index (χ3n) is 6.37. The number of halogens is 2. The van der Waals surface area contributed by atoms with Crippen molar-refractivity contribution >= 4 is 17.5 Å². The summed E-state index contributed by atoms with van der Waals surface area (Å²) in [5, 5.41) is 0. The maximum absolute atomic E-state index is 13.9. The number of hydrogen-bond acceptors (Lipinski definition) is 7. The van der Waals surface area contributed by atoms with Gasteiger partial charge in [-0.15, -0.1) is 0 Å². The highest BCUT2D eigenvalue weighted by molar-refractivity contribution is 5.73. The van der Waals surface area contributed by atoms with Crippen molar-refractivity contribution in [3.8, 4) is 0 Å². The SMILES string of the molecule is C1CCOC1.CC(=O)N1CCc2nc(N3CCN(Cc4ccc(F)cc4F)CC3)c(N)nc2C1. The maximum Gasteiger partial charge on any atom is 0.219 e. The fraction of sp³-hybridized carbons (Fsp3) is 0.542. The number of ether oxygens (including phenoxy) is 1. The molecular weight excluding hydrogens is 442 g/mol. The standard InChI is InChI=1S/C20H24F2N6O.C4H8O/c1-13(29)28-5-4-17-18(12-28)24-19(23)20(25-17)27-8-6-26(7-9-27)11-14-2-3-15(21)10-16(14)22;1-2-4-5-3-1/h2-3,10H,4-9,11-12H2,1H3,(H2,23,24);1-4H2. The van der Waals surface area contributed by atoms with Gasteiger partial charge in [-0.1, -0.05) is 6.07 Å². The van der Waals surface area contributed by atoms with E-state index in [0.29, 0.717) is 69.4 Å². The fourth-order valence-electron chi connectivity index (χ4n) is 4.36. The van der Waals surface area contributed by atoms with E-state index in [1.807, 2.05) is 0 Å². The van der Waals surface area contributed by atoms with Crippen LogP contribution in [0.15, 0.2) is 18.2 Å². The average Bonchev–Trinajstić information content (AvgIpc) is 3.41. The first-order valence-corrected chi connectivity index (χ1v) is 11.8. The lowest BCUT2D eigenvalue weighted by Gasteiger charge is -2.36. The zero-order chi connectivity index (χ0) is 24.1. The first kappa shape index (κ1) is 24.3. The highest BCUT2D eigenvalue weighted by Gasteiger charge is 2.26. The fourth-order valence-corrected chi connectivity index (χ4v) is 4.36. The van der Waals surface area contributed by atoms with Crippen LogP contribution in [-0.4, -0.2) is 71.6 Å². The molecule has 5 rings (SSSR count). The molecule has 1 amide bonds. The van der Waals surface area contributed by atoms with E-state index < -0.39 is 11.6 Å². The van der Waals surface area contributed by atoms with Crippen LogP contribution in [0.1, 0.15) is 36.7 Å². The highest BCUT2D eigenvalue weighted by Crippen LogP contribution is 2.26. The summed E-state index contributed by atoms with van der Waals surface area (Å²) in [6.45, 7) is 7.89. The second-order valence-electron chi connectivity index (χ2n) is 8.83. The molecule has 2 fully saturated rings. The number of nitrogen functional groups attached to an aromatic ring is 1. The molecule has 184 valence electrons. The van der Waals surface area contributed by atoms with Crippen LogP contribution in [-0.2, 0) is 29.0 Å². The Bertz CT molecular complexity index is 1000. The lowest BCUT2D eigenvalue weighted by molar-refractivity contribution is -0.129. The second kappa shape index (κ2) is 11.1. The Kier molecular flexibility index (Phi) is 7.89. The Hall–Kier alpha value is -2.85. The van der Waals surface area contributed by atoms with Crippen LogP contribution in [0.5, 0.6) is 0 Å². The Balaban J connectivity index is 0.000000486. The van der Waals surface area contributed by atoms with Crippen LogP contribution in [0.25, 0.3) is 0 Å². The van der Waals surface area contributed by atoms with Gasteiger partial charge in [-0.2, -0.15) is 0 Å². The van der Waals surface area contributed by atoms with Gasteiger partial charge in [-0.05, 0) is 18.9 Å². The predicted octanol–water partition coefficient (Wildman–Crippen LogP) is 2.36. The van der Waals surface area contributed by atoms with Crippen molar-refractivity contribution in [2.24, 2.45) is 0 Å². The van der Waals surface area contributed by atoms with Crippen molar-refractivity contribution < 1.29 is 18.3 Å². The Morgan fingerprint density at radius 1 is 1.06 bits per heavy atom. The molecule has 8 nitrogen and oxygen atoms in total. The van der Waals surface area contributed by atoms with Gasteiger partial charge >= 0.3 is 0 Å². The summed E-state index contributed by atoms with van der Waals surface area (Å²) < 4.78 is 31.9. The third kappa shape index (κ3) is 5.98. The molecule has 10 heteroatoms. The molecule has 1 aromatic carbocycles. The Morgan fingerprint density at radius 3 is 2.41 bits per heavy atom. The molecule has 0 aliphatic carbocycles. The van der Waals surface area contributed by atoms with E-state index in [2.05, 4.69) is 14.8 Å². The summed E-state index contributed by atoms with van der Waals surface area (Å²) >= 11 is 0. The molecule has 1 aromatic heterocycles. The quantitative estimate of drug-likeness (QED) is 0.731. The molecule has 2 saturated heterocycles. The molecule has 34 heavy (non-hydrogen) atoms. The molecule has 0 saturated carbocycles. The highest BCUT2D eigenvalue weighted by atomic mass is 19.1. The summed E-state index contributed by atoms with van der Waals surface area (Å²) in [6.07, 6.45) is 3.22. The average molecular weight is 475 g/mol. The molecule has 0 atom stereocenters. The topological polar surface area (TPSA) is 87.8 Å². The van der Waals surface area contributed by atoms with Crippen molar-refractivity contribution in [3.05, 3.63) is 46.8 Å². The number of anilines is 2. The number of nitrogens with two attached hydrogens (primary N) is 1. The van der Waals surface area contributed by atoms with E-state index in [0.717, 1.165) is 30.7 Å². The summed E-state index contributed by atoms with van der Waals surface area (Å²) in [7, 11) is 0. The van der Waals surface area contributed by atoms with Crippen molar-refractivity contribution in [2.45, 2.75) is 39.3 Å². The van der Waals surface area contributed by atoms with Crippen molar-refractivity contribution in [3.63, 3.8) is 0 Å². The molecule has 4 heterocycles. The molecule has 3 aliphatic rings. The third-order valence-corrected chi connectivity index (χ3v) is 6.37. The minimum atomic E-state index is -0.566. The number of carbonyl (C=O) groups excluding carboxylic acids is 1. The van der Waals surface area contributed by atoms with Gasteiger partial charge in [0.2, 0.25) is 5.91 Å². The summed E-state index contributed by atoms with van der Waals surface area (Å²) in [4.78, 5) is 26.8. The van der Waals surface area contributed by atoms with Crippen LogP contribution in [0.2, 0.25) is 0 Å². The van der Waals surface area contributed by atoms with Gasteiger partial charge in [0.15, 0.2) is 11.6 Å². The van der Waals surface area contributed by atoms with E-state index >= 15 is 0 Å². The van der Waals surface area contributed by atoms with E-state index in [4.69, 9.17) is 15.5 Å². The lowest BCUT2D eigenvalue weighted by atomic mass is 10.1. The van der Waals surface area contributed by atoms with Crippen LogP contribution in [0, 0.1) is 11.6 Å². The lowest BCUT2D eigenvalue weighted by Crippen LogP contribution is -2.47. The first-order chi connectivity index (χ1) is 16.4. The van der Waals surface area contributed by atoms with Crippen molar-refractivity contribution in [1.82, 2.24) is 19.8 Å².